The van der Waals surface area contributed by atoms with E-state index < -0.39 is 5.97 Å². The second-order valence-corrected chi connectivity index (χ2v) is 4.97. The van der Waals surface area contributed by atoms with Gasteiger partial charge in [0, 0.05) is 6.07 Å². The van der Waals surface area contributed by atoms with E-state index in [0.29, 0.717) is 11.7 Å². The van der Waals surface area contributed by atoms with E-state index in [-0.39, 0.29) is 12.3 Å². The summed E-state index contributed by atoms with van der Waals surface area (Å²) in [7, 11) is 0. The number of ether oxygens (including phenoxy) is 1. The van der Waals surface area contributed by atoms with Crippen LogP contribution in [0.2, 0.25) is 0 Å². The van der Waals surface area contributed by atoms with E-state index in [4.69, 9.17) is 14.4 Å². The van der Waals surface area contributed by atoms with Gasteiger partial charge in [0.2, 0.25) is 0 Å². The fraction of sp³-hybridized carbons (Fsp3) is 0.333. The van der Waals surface area contributed by atoms with E-state index in [1.165, 1.54) is 6.07 Å². The Morgan fingerprint density at radius 2 is 2.15 bits per heavy atom. The van der Waals surface area contributed by atoms with Gasteiger partial charge in [0.25, 0.3) is 0 Å². The Bertz CT molecular complexity index is 616. The van der Waals surface area contributed by atoms with Gasteiger partial charge in [0.15, 0.2) is 11.5 Å². The third-order valence-electron chi connectivity index (χ3n) is 2.94. The Kier molecular flexibility index (Phi) is 4.08. The van der Waals surface area contributed by atoms with Gasteiger partial charge in [-0.05, 0) is 30.0 Å². The van der Waals surface area contributed by atoms with Crippen molar-refractivity contribution in [3.05, 3.63) is 46.8 Å². The molecule has 1 aromatic carbocycles. The average Bonchev–Trinajstić information content (AvgIpc) is 2.85. The predicted octanol–water partition coefficient (Wildman–Crippen LogP) is 3.38. The van der Waals surface area contributed by atoms with Crippen molar-refractivity contribution < 1.29 is 19.2 Å². The van der Waals surface area contributed by atoms with Crippen LogP contribution in [0.3, 0.4) is 0 Å². The number of rotatable bonds is 5. The number of carboxylic acids is 1. The van der Waals surface area contributed by atoms with Crippen LogP contribution in [0.15, 0.2) is 28.8 Å². The number of carbonyl (C=O) groups is 1. The van der Waals surface area contributed by atoms with Crippen LogP contribution in [0.1, 0.15) is 47.1 Å². The van der Waals surface area contributed by atoms with E-state index in [2.05, 4.69) is 19.0 Å². The van der Waals surface area contributed by atoms with E-state index in [9.17, 15) is 4.79 Å². The van der Waals surface area contributed by atoms with Crippen molar-refractivity contribution >= 4 is 5.97 Å². The lowest BCUT2D eigenvalue weighted by atomic mass is 10.0. The topological polar surface area (TPSA) is 72.6 Å². The molecule has 0 fully saturated rings. The number of hydrogen-bond donors (Lipinski definition) is 1. The summed E-state index contributed by atoms with van der Waals surface area (Å²) in [4.78, 5) is 10.7. The Morgan fingerprint density at radius 1 is 1.40 bits per heavy atom. The zero-order valence-electron chi connectivity index (χ0n) is 11.7. The van der Waals surface area contributed by atoms with Gasteiger partial charge in [0.1, 0.15) is 12.4 Å². The first kappa shape index (κ1) is 14.1. The first-order valence-electron chi connectivity index (χ1n) is 6.39. The highest BCUT2D eigenvalue weighted by Gasteiger charge is 2.13. The molecule has 0 aliphatic heterocycles. The first-order valence-corrected chi connectivity index (χ1v) is 6.39. The molecule has 5 nitrogen and oxygen atoms in total. The van der Waals surface area contributed by atoms with Gasteiger partial charge < -0.3 is 14.4 Å². The van der Waals surface area contributed by atoms with Gasteiger partial charge in [-0.15, -0.1) is 0 Å². The molecule has 0 unspecified atom stereocenters. The zero-order chi connectivity index (χ0) is 14.7. The fourth-order valence-electron chi connectivity index (χ4n) is 1.87. The Morgan fingerprint density at radius 3 is 2.75 bits per heavy atom. The summed E-state index contributed by atoms with van der Waals surface area (Å²) in [6, 6.07) is 7.41. The molecule has 0 saturated heterocycles. The quantitative estimate of drug-likeness (QED) is 0.905. The van der Waals surface area contributed by atoms with Crippen molar-refractivity contribution in [3.63, 3.8) is 0 Å². The normalized spacial score (nSPS) is 10.8. The molecule has 2 aromatic rings. The van der Waals surface area contributed by atoms with E-state index in [1.54, 1.807) is 0 Å². The molecule has 20 heavy (non-hydrogen) atoms. The molecule has 0 bridgehead atoms. The molecule has 0 atom stereocenters. The summed E-state index contributed by atoms with van der Waals surface area (Å²) in [5.41, 5.74) is 2.10. The molecule has 0 aliphatic carbocycles. The SMILES string of the molecule is Cc1ccc(C(C)C)c(OCc2cc(C(=O)O)no2)c1. The molecule has 0 aliphatic rings. The van der Waals surface area contributed by atoms with Crippen molar-refractivity contribution in [1.82, 2.24) is 5.16 Å². The first-order chi connectivity index (χ1) is 9.47. The minimum atomic E-state index is -1.11. The van der Waals surface area contributed by atoms with Crippen LogP contribution in [-0.2, 0) is 6.61 Å². The summed E-state index contributed by atoms with van der Waals surface area (Å²) in [5.74, 6) is 0.403. The van der Waals surface area contributed by atoms with E-state index >= 15 is 0 Å². The highest BCUT2D eigenvalue weighted by molar-refractivity contribution is 5.85. The second kappa shape index (κ2) is 5.77. The van der Waals surface area contributed by atoms with Gasteiger partial charge in [-0.25, -0.2) is 4.79 Å². The lowest BCUT2D eigenvalue weighted by molar-refractivity contribution is 0.0685. The van der Waals surface area contributed by atoms with Gasteiger partial charge in [-0.1, -0.05) is 31.1 Å². The molecule has 5 heteroatoms. The molecule has 0 amide bonds. The standard InChI is InChI=1S/C15H17NO4/c1-9(2)12-5-4-10(3)6-14(12)19-8-11-7-13(15(17)18)16-20-11/h4-7,9H,8H2,1-3H3,(H,17,18). The molecule has 1 aromatic heterocycles. The maximum atomic E-state index is 10.7. The summed E-state index contributed by atoms with van der Waals surface area (Å²) in [6.07, 6.45) is 0. The molecule has 1 heterocycles. The van der Waals surface area contributed by atoms with Crippen LogP contribution in [0.4, 0.5) is 0 Å². The van der Waals surface area contributed by atoms with Crippen LogP contribution in [0.25, 0.3) is 0 Å². The molecule has 0 saturated carbocycles. The summed E-state index contributed by atoms with van der Waals surface area (Å²) >= 11 is 0. The third kappa shape index (κ3) is 3.17. The average molecular weight is 275 g/mol. The van der Waals surface area contributed by atoms with Crippen molar-refractivity contribution in [1.29, 1.82) is 0 Å². The van der Waals surface area contributed by atoms with Gasteiger partial charge in [-0.3, -0.25) is 0 Å². The highest BCUT2D eigenvalue weighted by atomic mass is 16.5. The largest absolute Gasteiger partial charge is 0.485 e. The summed E-state index contributed by atoms with van der Waals surface area (Å²) in [5, 5.41) is 12.2. The second-order valence-electron chi connectivity index (χ2n) is 4.97. The lowest BCUT2D eigenvalue weighted by Crippen LogP contribution is -2.00. The molecule has 2 rings (SSSR count). The molecule has 0 spiro atoms. The van der Waals surface area contributed by atoms with Crippen LogP contribution in [0, 0.1) is 6.92 Å². The number of aromatic nitrogens is 1. The van der Waals surface area contributed by atoms with Gasteiger partial charge in [-0.2, -0.15) is 0 Å². The molecular formula is C15H17NO4. The van der Waals surface area contributed by atoms with Crippen molar-refractivity contribution in [2.75, 3.05) is 0 Å². The molecule has 0 radical (unpaired) electrons. The molecule has 1 N–H and O–H groups in total. The fourth-order valence-corrected chi connectivity index (χ4v) is 1.87. The van der Waals surface area contributed by atoms with Crippen molar-refractivity contribution in [2.45, 2.75) is 33.3 Å². The minimum Gasteiger partial charge on any atom is -0.485 e. The minimum absolute atomic E-state index is 0.114. The smallest absolute Gasteiger partial charge is 0.358 e. The van der Waals surface area contributed by atoms with Crippen LogP contribution in [-0.4, -0.2) is 16.2 Å². The monoisotopic (exact) mass is 275 g/mol. The Balaban J connectivity index is 2.13. The third-order valence-corrected chi connectivity index (χ3v) is 2.94. The maximum absolute atomic E-state index is 10.7. The van der Waals surface area contributed by atoms with Crippen LogP contribution >= 0.6 is 0 Å². The number of benzene rings is 1. The van der Waals surface area contributed by atoms with E-state index in [1.807, 2.05) is 25.1 Å². The Hall–Kier alpha value is -2.30. The predicted molar refractivity (Wildman–Crippen MR) is 73.1 cm³/mol. The van der Waals surface area contributed by atoms with Gasteiger partial charge in [0.05, 0.1) is 0 Å². The molecular weight excluding hydrogens is 258 g/mol. The van der Waals surface area contributed by atoms with Crippen LogP contribution < -0.4 is 4.74 Å². The number of hydrogen-bond acceptors (Lipinski definition) is 4. The Labute approximate surface area is 117 Å². The lowest BCUT2D eigenvalue weighted by Gasteiger charge is -2.13. The van der Waals surface area contributed by atoms with E-state index in [0.717, 1.165) is 16.9 Å². The number of carboxylic acid groups (broad SMARTS) is 1. The maximum Gasteiger partial charge on any atom is 0.358 e. The summed E-state index contributed by atoms with van der Waals surface area (Å²) < 4.78 is 10.7. The number of aromatic carboxylic acids is 1. The molecule has 106 valence electrons. The highest BCUT2D eigenvalue weighted by Crippen LogP contribution is 2.28. The zero-order valence-corrected chi connectivity index (χ0v) is 11.7. The number of nitrogens with zero attached hydrogens (tertiary/aromatic N) is 1. The van der Waals surface area contributed by atoms with Gasteiger partial charge >= 0.3 is 5.97 Å². The van der Waals surface area contributed by atoms with Crippen molar-refractivity contribution in [3.8, 4) is 5.75 Å². The number of aryl methyl sites for hydroxylation is 1. The summed E-state index contributed by atoms with van der Waals surface area (Å²) in [6.45, 7) is 6.33. The van der Waals surface area contributed by atoms with Crippen molar-refractivity contribution in [2.24, 2.45) is 0 Å². The van der Waals surface area contributed by atoms with Crippen LogP contribution in [0.5, 0.6) is 5.75 Å².